The van der Waals surface area contributed by atoms with Gasteiger partial charge in [-0.25, -0.2) is 4.99 Å². The molecule has 0 saturated heterocycles. The summed E-state index contributed by atoms with van der Waals surface area (Å²) in [5, 5.41) is 2.57. The number of aromatic nitrogens is 1. The van der Waals surface area contributed by atoms with Gasteiger partial charge in [-0.2, -0.15) is 26.3 Å². The predicted octanol–water partition coefficient (Wildman–Crippen LogP) is 6.26. The van der Waals surface area contributed by atoms with Crippen molar-refractivity contribution in [3.05, 3.63) is 83.1 Å². The van der Waals surface area contributed by atoms with Gasteiger partial charge in [0.05, 0.1) is 12.8 Å². The van der Waals surface area contributed by atoms with Gasteiger partial charge in [0.2, 0.25) is 5.88 Å². The monoisotopic (exact) mass is 443 g/mol. The molecule has 0 aliphatic carbocycles. The normalized spacial score (nSPS) is 13.5. The Morgan fingerprint density at radius 3 is 2.10 bits per heavy atom. The molecule has 0 aliphatic heterocycles. The second kappa shape index (κ2) is 9.23. The van der Waals surface area contributed by atoms with Crippen LogP contribution < -0.4 is 5.32 Å². The van der Waals surface area contributed by atoms with E-state index >= 15 is 0 Å². The number of alkyl halides is 6. The Kier molecular flexibility index (Phi) is 7.14. The number of aryl methyl sites for hydroxylation is 1. The molecule has 0 saturated carbocycles. The molecule has 4 nitrogen and oxygen atoms in total. The quantitative estimate of drug-likeness (QED) is 0.248. The van der Waals surface area contributed by atoms with Crippen LogP contribution in [-0.2, 0) is 10.9 Å². The number of nitrogens with one attached hydrogen (secondary N) is 1. The van der Waals surface area contributed by atoms with Gasteiger partial charge in [-0.1, -0.05) is 24.3 Å². The van der Waals surface area contributed by atoms with Crippen LogP contribution in [0.3, 0.4) is 0 Å². The number of hydrogen-bond donors (Lipinski definition) is 1. The summed E-state index contributed by atoms with van der Waals surface area (Å²) in [6.07, 6.45) is -8.63. The van der Waals surface area contributed by atoms with Crippen LogP contribution in [-0.4, -0.2) is 24.0 Å². The van der Waals surface area contributed by atoms with Gasteiger partial charge < -0.3 is 10.1 Å². The third-order valence-corrected chi connectivity index (χ3v) is 4.08. The molecule has 1 aromatic carbocycles. The average Bonchev–Trinajstić information content (AvgIpc) is 2.67. The average molecular weight is 443 g/mol. The molecule has 1 N–H and O–H groups in total. The summed E-state index contributed by atoms with van der Waals surface area (Å²) in [5.74, 6) is -0.797. The Balaban J connectivity index is 2.44. The molecule has 0 atom stereocenters. The van der Waals surface area contributed by atoms with Gasteiger partial charge in [0.15, 0.2) is 0 Å². The number of pyridine rings is 1. The van der Waals surface area contributed by atoms with Gasteiger partial charge in [0.25, 0.3) is 0 Å². The van der Waals surface area contributed by atoms with Crippen LogP contribution in [0, 0.1) is 6.92 Å². The lowest BCUT2D eigenvalue weighted by atomic mass is 10.1. The van der Waals surface area contributed by atoms with Crippen molar-refractivity contribution in [3.63, 3.8) is 0 Å². The number of allylic oxidation sites excluding steroid dienone is 1. The molecule has 0 bridgehead atoms. The van der Waals surface area contributed by atoms with E-state index in [2.05, 4.69) is 21.9 Å². The summed E-state index contributed by atoms with van der Waals surface area (Å²) in [4.78, 5) is 7.11. The van der Waals surface area contributed by atoms with Gasteiger partial charge in [0.1, 0.15) is 11.3 Å². The first-order chi connectivity index (χ1) is 14.3. The number of ether oxygens (including phenoxy) is 1. The molecular formula is C21H19F6N3O. The van der Waals surface area contributed by atoms with Crippen LogP contribution in [0.5, 0.6) is 0 Å². The van der Waals surface area contributed by atoms with Gasteiger partial charge in [-0.3, -0.25) is 4.98 Å². The molecule has 0 fully saturated rings. The first-order valence-corrected chi connectivity index (χ1v) is 8.80. The number of nitrogens with zero attached hydrogens (tertiary/aromatic N) is 2. The number of anilines is 1. The summed E-state index contributed by atoms with van der Waals surface area (Å²) in [6, 6.07) is 8.38. The largest absolute Gasteiger partial charge is 0.480 e. The van der Waals surface area contributed by atoms with E-state index in [0.717, 1.165) is 24.9 Å². The number of halogens is 6. The fraction of sp³-hybridized carbons (Fsp3) is 0.238. The second-order valence-corrected chi connectivity index (χ2v) is 6.48. The Bertz CT molecular complexity index is 988. The molecule has 0 aliphatic rings. The minimum Gasteiger partial charge on any atom is -0.480 e. The van der Waals surface area contributed by atoms with E-state index in [1.54, 1.807) is 24.3 Å². The number of aliphatic imine (C=N–C) groups is 1. The summed E-state index contributed by atoms with van der Waals surface area (Å²) < 4.78 is 84.1. The molecule has 10 heteroatoms. The molecule has 1 aromatic heterocycles. The maximum atomic E-state index is 13.8. The molecule has 0 spiro atoms. The highest BCUT2D eigenvalue weighted by molar-refractivity contribution is 5.99. The van der Waals surface area contributed by atoms with E-state index < -0.39 is 35.2 Å². The highest BCUT2D eigenvalue weighted by atomic mass is 19.4. The minimum absolute atomic E-state index is 0.0250. The molecule has 0 unspecified atom stereocenters. The van der Waals surface area contributed by atoms with Crippen molar-refractivity contribution < 1.29 is 31.1 Å². The number of hydrogen-bond acceptors (Lipinski definition) is 4. The van der Waals surface area contributed by atoms with Crippen LogP contribution in [0.2, 0.25) is 0 Å². The van der Waals surface area contributed by atoms with Crippen molar-refractivity contribution in [1.29, 1.82) is 0 Å². The summed E-state index contributed by atoms with van der Waals surface area (Å²) in [7, 11) is 1.00. The molecular weight excluding hydrogens is 424 g/mol. The van der Waals surface area contributed by atoms with E-state index in [0.29, 0.717) is 11.8 Å². The lowest BCUT2D eigenvalue weighted by molar-refractivity contribution is -0.141. The molecule has 31 heavy (non-hydrogen) atoms. The predicted molar refractivity (Wildman–Crippen MR) is 105 cm³/mol. The zero-order chi connectivity index (χ0) is 23.4. The molecule has 2 rings (SSSR count). The Hall–Kier alpha value is -3.30. The lowest BCUT2D eigenvalue weighted by Crippen LogP contribution is -2.20. The van der Waals surface area contributed by atoms with Crippen molar-refractivity contribution in [3.8, 4) is 0 Å². The Labute approximate surface area is 175 Å². The molecule has 2 aromatic rings. The third-order valence-electron chi connectivity index (χ3n) is 4.08. The molecule has 0 radical (unpaired) electrons. The number of methoxy groups -OCH3 is 1. The van der Waals surface area contributed by atoms with Gasteiger partial charge in [0, 0.05) is 23.1 Å². The van der Waals surface area contributed by atoms with Crippen LogP contribution in [0.4, 0.5) is 32.0 Å². The third kappa shape index (κ3) is 6.34. The Morgan fingerprint density at radius 1 is 1.03 bits per heavy atom. The van der Waals surface area contributed by atoms with Gasteiger partial charge >= 0.3 is 12.4 Å². The zero-order valence-corrected chi connectivity index (χ0v) is 16.8. The van der Waals surface area contributed by atoms with E-state index in [1.165, 1.54) is 6.92 Å². The summed E-state index contributed by atoms with van der Waals surface area (Å²) >= 11 is 0. The minimum atomic E-state index is -4.87. The van der Waals surface area contributed by atoms with Crippen molar-refractivity contribution in [2.45, 2.75) is 26.2 Å². The van der Waals surface area contributed by atoms with Gasteiger partial charge in [-0.15, -0.1) is 0 Å². The lowest BCUT2D eigenvalue weighted by Gasteiger charge is -2.18. The highest BCUT2D eigenvalue weighted by Crippen LogP contribution is 2.35. The smallest absolute Gasteiger partial charge is 0.433 e. The van der Waals surface area contributed by atoms with E-state index in [1.807, 2.05) is 6.92 Å². The first-order valence-electron chi connectivity index (χ1n) is 8.80. The highest BCUT2D eigenvalue weighted by Gasteiger charge is 2.40. The van der Waals surface area contributed by atoms with E-state index in [-0.39, 0.29) is 11.3 Å². The zero-order valence-electron chi connectivity index (χ0n) is 16.8. The second-order valence-electron chi connectivity index (χ2n) is 6.48. The summed E-state index contributed by atoms with van der Waals surface area (Å²) in [5.41, 5.74) is -1.52. The van der Waals surface area contributed by atoms with E-state index in [9.17, 15) is 26.3 Å². The van der Waals surface area contributed by atoms with Gasteiger partial charge in [-0.05, 0) is 38.1 Å². The van der Waals surface area contributed by atoms with Crippen molar-refractivity contribution in [2.75, 3.05) is 12.4 Å². The van der Waals surface area contributed by atoms with Crippen molar-refractivity contribution >= 4 is 11.4 Å². The van der Waals surface area contributed by atoms with Crippen molar-refractivity contribution in [1.82, 2.24) is 4.98 Å². The number of benzene rings is 1. The van der Waals surface area contributed by atoms with Crippen molar-refractivity contribution in [2.24, 2.45) is 4.99 Å². The standard InChI is InChI=1S/C21H19F6N3O/c1-12-5-8-16(9-6-12)29-14(3)18(21(25,26)27)19(31-4)30-13(2)15-7-10-17(28-11-15)20(22,23)24/h5-11,29H,3H2,1-2,4H3/b19-18-,30-13?. The maximum Gasteiger partial charge on any atom is 0.433 e. The molecule has 0 amide bonds. The van der Waals surface area contributed by atoms with Crippen LogP contribution in [0.15, 0.2) is 71.3 Å². The fourth-order valence-corrected chi connectivity index (χ4v) is 2.49. The first kappa shape index (κ1) is 24.0. The van der Waals surface area contributed by atoms with Crippen LogP contribution in [0.1, 0.15) is 23.7 Å². The van der Waals surface area contributed by atoms with Crippen LogP contribution >= 0.6 is 0 Å². The maximum absolute atomic E-state index is 13.8. The Morgan fingerprint density at radius 2 is 1.65 bits per heavy atom. The topological polar surface area (TPSA) is 46.5 Å². The van der Waals surface area contributed by atoms with Crippen LogP contribution in [0.25, 0.3) is 0 Å². The SMILES string of the molecule is C=C(Nc1ccc(C)cc1)/C(=C(\N=C(C)c1ccc(C(F)(F)F)nc1)OC)C(F)(F)F. The molecule has 1 heterocycles. The number of rotatable bonds is 6. The molecule has 166 valence electrons. The summed E-state index contributed by atoms with van der Waals surface area (Å²) in [6.45, 7) is 6.61. The van der Waals surface area contributed by atoms with E-state index in [4.69, 9.17) is 4.74 Å². The fourth-order valence-electron chi connectivity index (χ4n) is 2.49.